The van der Waals surface area contributed by atoms with Crippen LogP contribution in [0.4, 0.5) is 16.2 Å². The van der Waals surface area contributed by atoms with Gasteiger partial charge in [-0.2, -0.15) is 0 Å². The highest BCUT2D eigenvalue weighted by molar-refractivity contribution is 7.92. The van der Waals surface area contributed by atoms with Gasteiger partial charge in [-0.3, -0.25) is 9.52 Å². The Morgan fingerprint density at radius 3 is 2.35 bits per heavy atom. The summed E-state index contributed by atoms with van der Waals surface area (Å²) in [5, 5.41) is 5.55. The molecule has 0 radical (unpaired) electrons. The van der Waals surface area contributed by atoms with E-state index >= 15 is 0 Å². The number of carbonyl (C=O) groups is 2. The first-order valence-electron chi connectivity index (χ1n) is 15.6. The lowest BCUT2D eigenvalue weighted by Crippen LogP contribution is -2.32. The molecule has 46 heavy (non-hydrogen) atoms. The molecule has 0 bridgehead atoms. The molecule has 1 amide bonds. The number of sulfonamides is 1. The zero-order valence-electron chi connectivity index (χ0n) is 28.4. The van der Waals surface area contributed by atoms with Crippen LogP contribution in [0.25, 0.3) is 10.9 Å². The van der Waals surface area contributed by atoms with Crippen LogP contribution in [0.1, 0.15) is 95.3 Å². The zero-order chi connectivity index (χ0) is 34.0. The van der Waals surface area contributed by atoms with Crippen molar-refractivity contribution in [2.75, 3.05) is 36.5 Å². The lowest BCUT2D eigenvalue weighted by atomic mass is 9.82. The number of H-pyrrole nitrogens is 1. The number of amides is 1. The number of nitrogens with one attached hydrogen (secondary N) is 3. The maximum atomic E-state index is 13.7. The van der Waals surface area contributed by atoms with Crippen LogP contribution >= 0.6 is 0 Å². The molecule has 0 spiro atoms. The molecule has 1 aliphatic heterocycles. The predicted octanol–water partition coefficient (Wildman–Crippen LogP) is 7.17. The summed E-state index contributed by atoms with van der Waals surface area (Å²) in [6.45, 7) is 14.9. The number of para-hydroxylation sites is 1. The van der Waals surface area contributed by atoms with Gasteiger partial charge in [-0.05, 0) is 86.6 Å². The fraction of sp³-hybridized carbons (Fsp3) is 0.529. The molecule has 1 aliphatic rings. The number of carbonyl (C=O) groups excluding carboxylic acids is 2. The molecule has 0 aliphatic carbocycles. The number of methoxy groups -OCH3 is 1. The maximum Gasteiger partial charge on any atom is 0.528 e. The van der Waals surface area contributed by atoms with E-state index in [2.05, 4.69) is 28.0 Å². The Morgan fingerprint density at radius 2 is 1.72 bits per heavy atom. The average Bonchev–Trinajstić information content (AvgIpc) is 3.24. The number of hydrogen-bond donors (Lipinski definition) is 3. The van der Waals surface area contributed by atoms with Crippen LogP contribution in [0.3, 0.4) is 0 Å². The van der Waals surface area contributed by atoms with Gasteiger partial charge in [0.25, 0.3) is 5.91 Å². The van der Waals surface area contributed by atoms with Crippen molar-refractivity contribution in [2.24, 2.45) is 5.92 Å². The van der Waals surface area contributed by atoms with Gasteiger partial charge in [0.15, 0.2) is 5.75 Å². The van der Waals surface area contributed by atoms with Crippen LogP contribution in [0.2, 0.25) is 0 Å². The second-order valence-corrected chi connectivity index (χ2v) is 15.9. The monoisotopic (exact) mass is 656 g/mol. The Bertz CT molecular complexity index is 1690. The number of aromatic nitrogens is 1. The minimum absolute atomic E-state index is 0.174. The number of rotatable bonds is 8. The van der Waals surface area contributed by atoms with E-state index in [1.807, 2.05) is 45.0 Å². The fourth-order valence-corrected chi connectivity index (χ4v) is 6.39. The first-order valence-corrected chi connectivity index (χ1v) is 17.5. The highest BCUT2D eigenvalue weighted by atomic mass is 32.2. The first kappa shape index (κ1) is 35.1. The zero-order valence-corrected chi connectivity index (χ0v) is 29.2. The Morgan fingerprint density at radius 1 is 1.02 bits per heavy atom. The van der Waals surface area contributed by atoms with Crippen LogP contribution in [0, 0.1) is 5.92 Å². The predicted molar refractivity (Wildman–Crippen MR) is 181 cm³/mol. The van der Waals surface area contributed by atoms with E-state index in [4.69, 9.17) is 14.3 Å². The molecule has 11 nitrogen and oxygen atoms in total. The molecule has 1 saturated heterocycles. The summed E-state index contributed by atoms with van der Waals surface area (Å²) in [5.74, 6) is 0.348. The summed E-state index contributed by atoms with van der Waals surface area (Å²) in [5.41, 5.74) is 2.84. The van der Waals surface area contributed by atoms with Gasteiger partial charge in [-0.25, -0.2) is 13.2 Å². The van der Waals surface area contributed by atoms with Crippen molar-refractivity contribution in [2.45, 2.75) is 84.7 Å². The van der Waals surface area contributed by atoms with E-state index < -0.39 is 21.8 Å². The lowest BCUT2D eigenvalue weighted by molar-refractivity contribution is -0.141. The molecule has 2 atom stereocenters. The van der Waals surface area contributed by atoms with E-state index in [9.17, 15) is 18.0 Å². The van der Waals surface area contributed by atoms with Gasteiger partial charge in [0.1, 0.15) is 11.3 Å². The molecule has 4 rings (SSSR count). The second kappa shape index (κ2) is 13.5. The smallest absolute Gasteiger partial charge is 0.492 e. The quantitative estimate of drug-likeness (QED) is 0.217. The molecule has 252 valence electrons. The van der Waals surface area contributed by atoms with Crippen LogP contribution in [-0.4, -0.2) is 62.6 Å². The van der Waals surface area contributed by atoms with E-state index in [0.717, 1.165) is 47.5 Å². The average molecular weight is 657 g/mol. The Labute approximate surface area is 272 Å². The van der Waals surface area contributed by atoms with Crippen LogP contribution in [0.5, 0.6) is 5.75 Å². The summed E-state index contributed by atoms with van der Waals surface area (Å²) >= 11 is 0. The van der Waals surface area contributed by atoms with Crippen molar-refractivity contribution in [3.63, 3.8) is 0 Å². The van der Waals surface area contributed by atoms with Gasteiger partial charge in [-0.15, -0.1) is 5.06 Å². The summed E-state index contributed by atoms with van der Waals surface area (Å²) in [6, 6.07) is 11.4. The van der Waals surface area contributed by atoms with Crippen LogP contribution < -0.4 is 14.8 Å². The lowest BCUT2D eigenvalue weighted by Gasteiger charge is -2.25. The number of hydroxylamine groups is 2. The third-order valence-electron chi connectivity index (χ3n) is 8.16. The van der Waals surface area contributed by atoms with Crippen molar-refractivity contribution in [1.82, 2.24) is 10.0 Å². The topological polar surface area (TPSA) is 139 Å². The van der Waals surface area contributed by atoms with Gasteiger partial charge < -0.3 is 24.6 Å². The molecule has 12 heteroatoms. The standard InChI is InChI=1S/C34H48N4O7S/c1-21(22-13-11-16-38(17-15-22)45-32(40)44-34(5,6)7)25-14-10-12-23-18-28(35-29(23)25)31(39)36-26-19-24(33(2,3)4)20-27(30(26)43-8)37-46(9,41)42/h10,12,14,18-22,35,37H,11,13,15-17H2,1-9H3,(H,36,39). The molecule has 2 unspecified atom stereocenters. The van der Waals surface area contributed by atoms with Crippen LogP contribution in [-0.2, 0) is 25.0 Å². The van der Waals surface area contributed by atoms with E-state index in [1.165, 1.54) is 7.11 Å². The highest BCUT2D eigenvalue weighted by Gasteiger charge is 2.28. The number of aromatic amines is 1. The fourth-order valence-electron chi connectivity index (χ4n) is 5.84. The minimum atomic E-state index is -3.61. The van der Waals surface area contributed by atoms with E-state index in [1.54, 1.807) is 31.9 Å². The van der Waals surface area contributed by atoms with Crippen molar-refractivity contribution in [3.05, 3.63) is 53.2 Å². The summed E-state index contributed by atoms with van der Waals surface area (Å²) in [4.78, 5) is 34.7. The summed E-state index contributed by atoms with van der Waals surface area (Å²) in [6.07, 6.45) is 3.06. The number of fused-ring (bicyclic) bond motifs is 1. The Balaban J connectivity index is 1.56. The number of hydrogen-bond acceptors (Lipinski definition) is 8. The molecule has 3 N–H and O–H groups in total. The minimum Gasteiger partial charge on any atom is -0.492 e. The molecule has 2 heterocycles. The van der Waals surface area contributed by atoms with Gasteiger partial charge in [0.05, 0.1) is 24.7 Å². The molecule has 1 aromatic heterocycles. The number of anilines is 2. The van der Waals surface area contributed by atoms with Crippen molar-refractivity contribution < 1.29 is 32.3 Å². The van der Waals surface area contributed by atoms with Gasteiger partial charge in [0, 0.05) is 24.0 Å². The third kappa shape index (κ3) is 8.94. The van der Waals surface area contributed by atoms with E-state index in [0.29, 0.717) is 30.4 Å². The molecule has 2 aromatic carbocycles. The maximum absolute atomic E-state index is 13.7. The number of benzene rings is 2. The van der Waals surface area contributed by atoms with Gasteiger partial charge >= 0.3 is 6.16 Å². The van der Waals surface area contributed by atoms with Crippen molar-refractivity contribution in [3.8, 4) is 5.75 Å². The summed E-state index contributed by atoms with van der Waals surface area (Å²) < 4.78 is 37.7. The van der Waals surface area contributed by atoms with Crippen molar-refractivity contribution in [1.29, 1.82) is 0 Å². The van der Waals surface area contributed by atoms with Crippen molar-refractivity contribution >= 4 is 44.4 Å². The molecular weight excluding hydrogens is 608 g/mol. The largest absolute Gasteiger partial charge is 0.528 e. The Kier molecular flexibility index (Phi) is 10.3. The third-order valence-corrected chi connectivity index (χ3v) is 8.75. The normalized spacial score (nSPS) is 17.2. The highest BCUT2D eigenvalue weighted by Crippen LogP contribution is 2.40. The first-order chi connectivity index (χ1) is 21.3. The summed E-state index contributed by atoms with van der Waals surface area (Å²) in [7, 11) is -2.17. The molecule has 3 aromatic rings. The number of ether oxygens (including phenoxy) is 2. The Hall–Kier alpha value is -3.77. The number of nitrogens with zero attached hydrogens (tertiary/aromatic N) is 1. The van der Waals surface area contributed by atoms with Crippen LogP contribution in [0.15, 0.2) is 36.4 Å². The molecule has 1 fully saturated rings. The second-order valence-electron chi connectivity index (χ2n) is 14.1. The molecular formula is C34H48N4O7S. The van der Waals surface area contributed by atoms with Gasteiger partial charge in [-0.1, -0.05) is 45.9 Å². The van der Waals surface area contributed by atoms with Gasteiger partial charge in [0.2, 0.25) is 10.0 Å². The molecule has 0 saturated carbocycles. The SMILES string of the molecule is COc1c(NC(=O)c2cc3cccc(C(C)C4CCCN(OC(=O)OC(C)(C)C)CC4)c3[nH]2)cc(C(C)(C)C)cc1NS(C)(=O)=O. The van der Waals surface area contributed by atoms with E-state index in [-0.39, 0.29) is 28.7 Å².